The zero-order valence-corrected chi connectivity index (χ0v) is 9.63. The molecule has 0 aliphatic rings. The van der Waals surface area contributed by atoms with Gasteiger partial charge >= 0.3 is 4.83 Å². The van der Waals surface area contributed by atoms with E-state index in [9.17, 15) is 13.6 Å². The number of hydrogen-bond acceptors (Lipinski definition) is 1. The van der Waals surface area contributed by atoms with Crippen molar-refractivity contribution in [1.29, 1.82) is 0 Å². The molecule has 0 heterocycles. The highest BCUT2D eigenvalue weighted by Crippen LogP contribution is 2.32. The first-order valence-corrected chi connectivity index (χ1v) is 4.94. The van der Waals surface area contributed by atoms with Crippen molar-refractivity contribution >= 4 is 44.9 Å². The predicted molar refractivity (Wildman–Crippen MR) is 54.7 cm³/mol. The van der Waals surface area contributed by atoms with Crippen LogP contribution in [0.25, 0.3) is 0 Å². The topological polar surface area (TPSA) is 17.1 Å². The molecular formula is C8H3BrCl2F2O. The number of ketones is 1. The maximum Gasteiger partial charge on any atom is 0.363 e. The first-order valence-electron chi connectivity index (χ1n) is 3.39. The Kier molecular flexibility index (Phi) is 3.50. The fourth-order valence-electron chi connectivity index (χ4n) is 0.832. The van der Waals surface area contributed by atoms with Gasteiger partial charge < -0.3 is 0 Å². The standard InChI is InChI=1S/C8H3BrCl2F2O/c9-8(12,13)7(14)4-2-1-3-5(10)6(4)11/h1-3H. The van der Waals surface area contributed by atoms with E-state index in [2.05, 4.69) is 0 Å². The van der Waals surface area contributed by atoms with Crippen molar-refractivity contribution in [2.45, 2.75) is 4.83 Å². The van der Waals surface area contributed by atoms with Crippen LogP contribution in [0.3, 0.4) is 0 Å². The molecule has 0 fully saturated rings. The lowest BCUT2D eigenvalue weighted by Gasteiger charge is -2.08. The molecule has 0 aliphatic carbocycles. The molecular weight excluding hydrogens is 301 g/mol. The quantitative estimate of drug-likeness (QED) is 0.592. The van der Waals surface area contributed by atoms with E-state index in [1.807, 2.05) is 15.9 Å². The van der Waals surface area contributed by atoms with Crippen LogP contribution in [-0.4, -0.2) is 10.6 Å². The number of carbonyl (C=O) groups excluding carboxylic acids is 1. The number of alkyl halides is 3. The van der Waals surface area contributed by atoms with E-state index in [1.54, 1.807) is 0 Å². The van der Waals surface area contributed by atoms with Crippen molar-refractivity contribution in [3.05, 3.63) is 33.8 Å². The highest BCUT2D eigenvalue weighted by Gasteiger charge is 2.37. The number of hydrogen-bond donors (Lipinski definition) is 0. The molecule has 0 unspecified atom stereocenters. The summed E-state index contributed by atoms with van der Waals surface area (Å²) in [6.07, 6.45) is 0. The normalized spacial score (nSPS) is 11.5. The monoisotopic (exact) mass is 302 g/mol. The average molecular weight is 304 g/mol. The number of carbonyl (C=O) groups is 1. The molecule has 0 spiro atoms. The van der Waals surface area contributed by atoms with Gasteiger partial charge in [-0.3, -0.25) is 4.79 Å². The molecule has 1 nitrogen and oxygen atoms in total. The third kappa shape index (κ3) is 2.43. The Morgan fingerprint density at radius 3 is 2.43 bits per heavy atom. The van der Waals surface area contributed by atoms with Crippen LogP contribution < -0.4 is 0 Å². The molecule has 0 radical (unpaired) electrons. The maximum atomic E-state index is 12.6. The fourth-order valence-corrected chi connectivity index (χ4v) is 1.43. The third-order valence-electron chi connectivity index (χ3n) is 1.45. The minimum absolute atomic E-state index is 0.0641. The van der Waals surface area contributed by atoms with Gasteiger partial charge in [-0.25, -0.2) is 0 Å². The van der Waals surface area contributed by atoms with Crippen molar-refractivity contribution in [3.8, 4) is 0 Å². The summed E-state index contributed by atoms with van der Waals surface area (Å²) >= 11 is 13.1. The molecule has 0 amide bonds. The van der Waals surface area contributed by atoms with Crippen molar-refractivity contribution in [2.75, 3.05) is 0 Å². The fraction of sp³-hybridized carbons (Fsp3) is 0.125. The van der Waals surface area contributed by atoms with Crippen LogP contribution in [0.4, 0.5) is 8.78 Å². The van der Waals surface area contributed by atoms with Gasteiger partial charge in [-0.2, -0.15) is 8.78 Å². The molecule has 14 heavy (non-hydrogen) atoms. The van der Waals surface area contributed by atoms with Gasteiger partial charge in [-0.15, -0.1) is 0 Å². The van der Waals surface area contributed by atoms with Crippen LogP contribution in [0.15, 0.2) is 18.2 Å². The van der Waals surface area contributed by atoms with Crippen LogP contribution in [-0.2, 0) is 0 Å². The van der Waals surface area contributed by atoms with E-state index in [0.717, 1.165) is 0 Å². The van der Waals surface area contributed by atoms with E-state index in [-0.39, 0.29) is 15.6 Å². The summed E-state index contributed by atoms with van der Waals surface area (Å²) in [6, 6.07) is 3.97. The summed E-state index contributed by atoms with van der Waals surface area (Å²) in [7, 11) is 0. The zero-order valence-electron chi connectivity index (χ0n) is 6.53. The van der Waals surface area contributed by atoms with Gasteiger partial charge in [-0.1, -0.05) is 29.3 Å². The Balaban J connectivity index is 3.21. The summed E-state index contributed by atoms with van der Waals surface area (Å²) in [6.45, 7) is 0. The van der Waals surface area contributed by atoms with E-state index in [4.69, 9.17) is 23.2 Å². The van der Waals surface area contributed by atoms with Crippen molar-refractivity contribution in [1.82, 2.24) is 0 Å². The molecule has 0 bridgehead atoms. The summed E-state index contributed by atoms with van der Waals surface area (Å²) < 4.78 is 25.2. The molecule has 0 atom stereocenters. The van der Waals surface area contributed by atoms with E-state index >= 15 is 0 Å². The zero-order chi connectivity index (χ0) is 10.9. The number of rotatable bonds is 2. The summed E-state index contributed by atoms with van der Waals surface area (Å²) in [4.78, 5) is 7.48. The largest absolute Gasteiger partial charge is 0.363 e. The van der Waals surface area contributed by atoms with Gasteiger partial charge in [0.05, 0.1) is 10.0 Å². The van der Waals surface area contributed by atoms with E-state index < -0.39 is 10.6 Å². The second kappa shape index (κ2) is 4.13. The molecule has 0 aliphatic heterocycles. The molecule has 1 aromatic carbocycles. The van der Waals surface area contributed by atoms with Crippen LogP contribution >= 0.6 is 39.1 Å². The Morgan fingerprint density at radius 2 is 1.93 bits per heavy atom. The first kappa shape index (κ1) is 11.9. The molecule has 6 heteroatoms. The molecule has 0 saturated heterocycles. The first-order chi connectivity index (χ1) is 6.34. The third-order valence-corrected chi connectivity index (χ3v) is 2.63. The summed E-state index contributed by atoms with van der Waals surface area (Å²) in [5.74, 6) is -1.41. The SMILES string of the molecule is O=C(c1cccc(Cl)c1Cl)C(F)(F)Br. The van der Waals surface area contributed by atoms with Gasteiger partial charge in [0.2, 0.25) is 5.78 Å². The lowest BCUT2D eigenvalue weighted by molar-refractivity contribution is 0.0593. The summed E-state index contributed by atoms with van der Waals surface area (Å²) in [5, 5.41) is -0.104. The number of halogens is 5. The van der Waals surface area contributed by atoms with Gasteiger partial charge in [0.25, 0.3) is 0 Å². The number of Topliss-reactive ketones (excluding diaryl/α,β-unsaturated/α-hetero) is 1. The molecule has 76 valence electrons. The van der Waals surface area contributed by atoms with Gasteiger partial charge in [0.15, 0.2) is 0 Å². The molecule has 1 rings (SSSR count). The van der Waals surface area contributed by atoms with Crippen LogP contribution in [0.5, 0.6) is 0 Å². The van der Waals surface area contributed by atoms with Crippen molar-refractivity contribution in [2.24, 2.45) is 0 Å². The molecule has 0 N–H and O–H groups in total. The predicted octanol–water partition coefficient (Wildman–Crippen LogP) is 4.16. The minimum atomic E-state index is -3.62. The van der Waals surface area contributed by atoms with Crippen molar-refractivity contribution < 1.29 is 13.6 Å². The average Bonchev–Trinajstić information content (AvgIpc) is 2.07. The lowest BCUT2D eigenvalue weighted by Crippen LogP contribution is -2.21. The van der Waals surface area contributed by atoms with Crippen LogP contribution in [0.2, 0.25) is 10.0 Å². The molecule has 1 aromatic rings. The van der Waals surface area contributed by atoms with Gasteiger partial charge in [0, 0.05) is 5.56 Å². The van der Waals surface area contributed by atoms with E-state index in [1.165, 1.54) is 18.2 Å². The molecule has 0 saturated carbocycles. The Morgan fingerprint density at radius 1 is 1.36 bits per heavy atom. The Bertz CT molecular complexity index is 376. The highest BCUT2D eigenvalue weighted by molar-refractivity contribution is 9.10. The Labute approximate surface area is 97.1 Å². The smallest absolute Gasteiger partial charge is 0.286 e. The van der Waals surface area contributed by atoms with Gasteiger partial charge in [-0.05, 0) is 28.1 Å². The summed E-state index contributed by atoms with van der Waals surface area (Å²) in [5.41, 5.74) is -0.305. The van der Waals surface area contributed by atoms with Crippen LogP contribution in [0, 0.1) is 0 Å². The second-order valence-corrected chi connectivity index (χ2v) is 4.21. The van der Waals surface area contributed by atoms with Gasteiger partial charge in [0.1, 0.15) is 0 Å². The number of benzene rings is 1. The second-order valence-electron chi connectivity index (χ2n) is 2.43. The Hall–Kier alpha value is -0.190. The van der Waals surface area contributed by atoms with Crippen LogP contribution in [0.1, 0.15) is 10.4 Å². The lowest BCUT2D eigenvalue weighted by atomic mass is 10.1. The van der Waals surface area contributed by atoms with Crippen molar-refractivity contribution in [3.63, 3.8) is 0 Å². The maximum absolute atomic E-state index is 12.6. The minimum Gasteiger partial charge on any atom is -0.286 e. The molecule has 0 aromatic heterocycles. The van der Waals surface area contributed by atoms with E-state index in [0.29, 0.717) is 0 Å². The highest BCUT2D eigenvalue weighted by atomic mass is 79.9.